The van der Waals surface area contributed by atoms with Crippen molar-refractivity contribution in [2.24, 2.45) is 18.7 Å². The second kappa shape index (κ2) is 5.65. The van der Waals surface area contributed by atoms with Crippen LogP contribution in [0.25, 0.3) is 0 Å². The molecule has 0 amide bonds. The van der Waals surface area contributed by atoms with Crippen molar-refractivity contribution in [2.75, 3.05) is 19.6 Å². The average Bonchev–Trinajstić information content (AvgIpc) is 2.73. The Morgan fingerprint density at radius 3 is 2.71 bits per heavy atom. The van der Waals surface area contributed by atoms with Crippen LogP contribution in [0.2, 0.25) is 0 Å². The molecule has 1 saturated heterocycles. The molecule has 4 heteroatoms. The molecule has 1 aliphatic heterocycles. The number of piperidine rings is 1. The van der Waals surface area contributed by atoms with Crippen LogP contribution in [0.3, 0.4) is 0 Å². The maximum absolute atomic E-state index is 5.95. The Morgan fingerprint density at radius 2 is 2.18 bits per heavy atom. The predicted molar refractivity (Wildman–Crippen MR) is 69.7 cm³/mol. The van der Waals surface area contributed by atoms with Crippen LogP contribution in [0.15, 0.2) is 12.3 Å². The third kappa shape index (κ3) is 3.30. The molecule has 0 aromatic carbocycles. The minimum atomic E-state index is 0.356. The summed E-state index contributed by atoms with van der Waals surface area (Å²) in [6.07, 6.45) is 5.48. The molecule has 1 unspecified atom stereocenters. The second-order valence-corrected chi connectivity index (χ2v) is 5.23. The maximum atomic E-state index is 5.95. The van der Waals surface area contributed by atoms with Gasteiger partial charge in [0.15, 0.2) is 0 Å². The fraction of sp³-hybridized carbons (Fsp3) is 0.769. The molecular weight excluding hydrogens is 212 g/mol. The van der Waals surface area contributed by atoms with Crippen LogP contribution in [0, 0.1) is 5.92 Å². The summed E-state index contributed by atoms with van der Waals surface area (Å²) in [5.41, 5.74) is 7.27. The molecule has 2 rings (SSSR count). The Hall–Kier alpha value is -0.870. The van der Waals surface area contributed by atoms with Crippen molar-refractivity contribution < 1.29 is 0 Å². The van der Waals surface area contributed by atoms with Crippen molar-refractivity contribution in [1.29, 1.82) is 0 Å². The third-order valence-electron chi connectivity index (χ3n) is 3.98. The van der Waals surface area contributed by atoms with Gasteiger partial charge >= 0.3 is 0 Å². The third-order valence-corrected chi connectivity index (χ3v) is 3.98. The average molecular weight is 236 g/mol. The zero-order chi connectivity index (χ0) is 12.3. The van der Waals surface area contributed by atoms with Crippen molar-refractivity contribution in [3.05, 3.63) is 18.0 Å². The zero-order valence-electron chi connectivity index (χ0n) is 11.0. The fourth-order valence-electron chi connectivity index (χ4n) is 2.62. The van der Waals surface area contributed by atoms with Crippen LogP contribution < -0.4 is 5.73 Å². The standard InChI is InChI=1S/C13H24N4/c1-11(14)12-4-8-17(9-5-12)10-6-13-3-7-15-16(13)2/h3,7,11-12H,4-6,8-10,14H2,1-2H3. The summed E-state index contributed by atoms with van der Waals surface area (Å²) in [6.45, 7) is 5.68. The summed E-state index contributed by atoms with van der Waals surface area (Å²) in [4.78, 5) is 2.55. The lowest BCUT2D eigenvalue weighted by Gasteiger charge is -2.33. The van der Waals surface area contributed by atoms with E-state index in [1.54, 1.807) is 0 Å². The quantitative estimate of drug-likeness (QED) is 0.849. The molecule has 1 fully saturated rings. The molecule has 1 atom stereocenters. The van der Waals surface area contributed by atoms with Gasteiger partial charge in [-0.3, -0.25) is 4.68 Å². The molecule has 1 aliphatic rings. The normalized spacial score (nSPS) is 20.6. The van der Waals surface area contributed by atoms with Gasteiger partial charge in [-0.2, -0.15) is 5.10 Å². The number of nitrogens with zero attached hydrogens (tertiary/aromatic N) is 3. The molecule has 1 aromatic heterocycles. The SMILES string of the molecule is CC(N)C1CCN(CCc2ccnn2C)CC1. The van der Waals surface area contributed by atoms with E-state index in [1.165, 1.54) is 31.6 Å². The molecule has 17 heavy (non-hydrogen) atoms. The van der Waals surface area contributed by atoms with Gasteiger partial charge in [0.1, 0.15) is 0 Å². The van der Waals surface area contributed by atoms with E-state index in [1.807, 2.05) is 17.9 Å². The molecule has 0 spiro atoms. The number of nitrogens with two attached hydrogens (primary N) is 1. The van der Waals surface area contributed by atoms with E-state index >= 15 is 0 Å². The van der Waals surface area contributed by atoms with Gasteiger partial charge in [-0.1, -0.05) is 0 Å². The summed E-state index contributed by atoms with van der Waals surface area (Å²) in [5, 5.41) is 4.20. The summed E-state index contributed by atoms with van der Waals surface area (Å²) in [7, 11) is 2.01. The van der Waals surface area contributed by atoms with Crippen LogP contribution in [0.1, 0.15) is 25.5 Å². The molecule has 4 nitrogen and oxygen atoms in total. The summed E-state index contributed by atoms with van der Waals surface area (Å²) in [5.74, 6) is 0.725. The molecule has 2 heterocycles. The summed E-state index contributed by atoms with van der Waals surface area (Å²) in [6, 6.07) is 2.46. The molecule has 0 bridgehead atoms. The van der Waals surface area contributed by atoms with E-state index in [-0.39, 0.29) is 0 Å². The van der Waals surface area contributed by atoms with E-state index in [0.29, 0.717) is 6.04 Å². The smallest absolute Gasteiger partial charge is 0.0492 e. The van der Waals surface area contributed by atoms with Crippen LogP contribution in [-0.2, 0) is 13.5 Å². The second-order valence-electron chi connectivity index (χ2n) is 5.23. The lowest BCUT2D eigenvalue weighted by atomic mass is 9.91. The van der Waals surface area contributed by atoms with Crippen molar-refractivity contribution in [1.82, 2.24) is 14.7 Å². The van der Waals surface area contributed by atoms with Gasteiger partial charge in [-0.25, -0.2) is 0 Å². The van der Waals surface area contributed by atoms with Gasteiger partial charge in [-0.15, -0.1) is 0 Å². The van der Waals surface area contributed by atoms with E-state index in [4.69, 9.17) is 5.73 Å². The van der Waals surface area contributed by atoms with Gasteiger partial charge < -0.3 is 10.6 Å². The van der Waals surface area contributed by atoms with Crippen LogP contribution in [-0.4, -0.2) is 40.4 Å². The molecule has 0 radical (unpaired) electrons. The minimum absolute atomic E-state index is 0.356. The lowest BCUT2D eigenvalue weighted by Crippen LogP contribution is -2.40. The fourth-order valence-corrected chi connectivity index (χ4v) is 2.62. The van der Waals surface area contributed by atoms with Crippen molar-refractivity contribution in [2.45, 2.75) is 32.2 Å². The Balaban J connectivity index is 1.74. The molecule has 0 aliphatic carbocycles. The van der Waals surface area contributed by atoms with Crippen molar-refractivity contribution >= 4 is 0 Å². The zero-order valence-corrected chi connectivity index (χ0v) is 11.0. The molecule has 1 aromatic rings. The van der Waals surface area contributed by atoms with E-state index in [2.05, 4.69) is 23.0 Å². The number of hydrogen-bond donors (Lipinski definition) is 1. The van der Waals surface area contributed by atoms with Crippen LogP contribution in [0.4, 0.5) is 0 Å². The summed E-state index contributed by atoms with van der Waals surface area (Å²) < 4.78 is 1.97. The van der Waals surface area contributed by atoms with Crippen molar-refractivity contribution in [3.8, 4) is 0 Å². The molecule has 96 valence electrons. The predicted octanol–water partition coefficient (Wildman–Crippen LogP) is 1.02. The molecule has 0 saturated carbocycles. The van der Waals surface area contributed by atoms with Crippen LogP contribution >= 0.6 is 0 Å². The topological polar surface area (TPSA) is 47.1 Å². The van der Waals surface area contributed by atoms with Gasteiger partial charge in [-0.05, 0) is 44.8 Å². The molecule has 2 N–H and O–H groups in total. The number of aromatic nitrogens is 2. The van der Waals surface area contributed by atoms with E-state index < -0.39 is 0 Å². The Labute approximate surface area is 104 Å². The molecular formula is C13H24N4. The van der Waals surface area contributed by atoms with E-state index in [0.717, 1.165) is 18.9 Å². The largest absolute Gasteiger partial charge is 0.328 e. The van der Waals surface area contributed by atoms with Gasteiger partial charge in [0.25, 0.3) is 0 Å². The first-order valence-corrected chi connectivity index (χ1v) is 6.61. The maximum Gasteiger partial charge on any atom is 0.0492 e. The first-order valence-electron chi connectivity index (χ1n) is 6.61. The Morgan fingerprint density at radius 1 is 1.47 bits per heavy atom. The highest BCUT2D eigenvalue weighted by molar-refractivity contribution is 5.00. The number of likely N-dealkylation sites (tertiary alicyclic amines) is 1. The number of aryl methyl sites for hydroxylation is 1. The van der Waals surface area contributed by atoms with Gasteiger partial charge in [0.2, 0.25) is 0 Å². The first-order chi connectivity index (χ1) is 8.16. The summed E-state index contributed by atoms with van der Waals surface area (Å²) >= 11 is 0. The van der Waals surface area contributed by atoms with Gasteiger partial charge in [0, 0.05) is 37.9 Å². The highest BCUT2D eigenvalue weighted by Crippen LogP contribution is 2.19. The highest BCUT2D eigenvalue weighted by Gasteiger charge is 2.21. The van der Waals surface area contributed by atoms with E-state index in [9.17, 15) is 0 Å². The Bertz CT molecular complexity index is 337. The highest BCUT2D eigenvalue weighted by atomic mass is 15.3. The minimum Gasteiger partial charge on any atom is -0.328 e. The van der Waals surface area contributed by atoms with Crippen molar-refractivity contribution in [3.63, 3.8) is 0 Å². The Kier molecular flexibility index (Phi) is 4.18. The first kappa shape index (κ1) is 12.6. The lowest BCUT2D eigenvalue weighted by molar-refractivity contribution is 0.173. The monoisotopic (exact) mass is 236 g/mol. The van der Waals surface area contributed by atoms with Gasteiger partial charge in [0.05, 0.1) is 0 Å². The number of hydrogen-bond acceptors (Lipinski definition) is 3. The number of rotatable bonds is 4. The van der Waals surface area contributed by atoms with Crippen LogP contribution in [0.5, 0.6) is 0 Å².